The second-order valence-electron chi connectivity index (χ2n) is 7.48. The molecule has 148 valence electrons. The fourth-order valence-electron chi connectivity index (χ4n) is 3.94. The Morgan fingerprint density at radius 2 is 1.79 bits per heavy atom. The summed E-state index contributed by atoms with van der Waals surface area (Å²) >= 11 is 0. The molecule has 2 saturated heterocycles. The standard InChI is InChI=1S/C20H23N3O4S/c1-27-17-4-6-18(7-5-17)28(25,26)23-14-20(15-23)8-11-22(12-9-20)19(24)16-3-2-10-21-13-16/h2-7,10,13H,8-9,11-12,14-15H2,1H3. The maximum atomic E-state index is 12.8. The van der Waals surface area contributed by atoms with Gasteiger partial charge in [-0.3, -0.25) is 9.78 Å². The number of nitrogens with zero attached hydrogens (tertiary/aromatic N) is 3. The number of ether oxygens (including phenoxy) is 1. The summed E-state index contributed by atoms with van der Waals surface area (Å²) in [5, 5.41) is 0. The second kappa shape index (κ2) is 7.18. The van der Waals surface area contributed by atoms with Crippen molar-refractivity contribution in [3.63, 3.8) is 0 Å². The number of likely N-dealkylation sites (tertiary alicyclic amines) is 1. The normalized spacial score (nSPS) is 19.2. The van der Waals surface area contributed by atoms with Gasteiger partial charge in [-0.05, 0) is 49.2 Å². The van der Waals surface area contributed by atoms with Crippen molar-refractivity contribution < 1.29 is 17.9 Å². The van der Waals surface area contributed by atoms with Crippen LogP contribution in [-0.4, -0.2) is 61.8 Å². The smallest absolute Gasteiger partial charge is 0.255 e. The second-order valence-corrected chi connectivity index (χ2v) is 9.42. The molecule has 0 atom stereocenters. The molecule has 2 aliphatic rings. The van der Waals surface area contributed by atoms with Crippen LogP contribution in [0.1, 0.15) is 23.2 Å². The molecule has 1 aromatic heterocycles. The minimum absolute atomic E-state index is 0.00927. The lowest BCUT2D eigenvalue weighted by molar-refractivity contribution is 0.00298. The van der Waals surface area contributed by atoms with Gasteiger partial charge in [0.25, 0.3) is 5.91 Å². The van der Waals surface area contributed by atoms with Gasteiger partial charge in [-0.25, -0.2) is 8.42 Å². The van der Waals surface area contributed by atoms with Gasteiger partial charge in [-0.15, -0.1) is 0 Å². The van der Waals surface area contributed by atoms with Crippen molar-refractivity contribution in [2.24, 2.45) is 5.41 Å². The summed E-state index contributed by atoms with van der Waals surface area (Å²) in [5.41, 5.74) is 0.571. The third-order valence-electron chi connectivity index (χ3n) is 5.74. The molecule has 4 rings (SSSR count). The van der Waals surface area contributed by atoms with E-state index >= 15 is 0 Å². The van der Waals surface area contributed by atoms with Gasteiger partial charge >= 0.3 is 0 Å². The molecule has 8 heteroatoms. The van der Waals surface area contributed by atoms with E-state index in [1.807, 2.05) is 4.90 Å². The van der Waals surface area contributed by atoms with Gasteiger partial charge in [0.05, 0.1) is 17.6 Å². The van der Waals surface area contributed by atoms with Crippen molar-refractivity contribution in [3.8, 4) is 5.75 Å². The molecular formula is C20H23N3O4S. The zero-order valence-corrected chi connectivity index (χ0v) is 16.6. The lowest BCUT2D eigenvalue weighted by Crippen LogP contribution is -2.62. The van der Waals surface area contributed by atoms with Crippen molar-refractivity contribution in [3.05, 3.63) is 54.4 Å². The highest BCUT2D eigenvalue weighted by atomic mass is 32.2. The number of pyridine rings is 1. The van der Waals surface area contributed by atoms with Crippen LogP contribution in [0, 0.1) is 5.41 Å². The van der Waals surface area contributed by atoms with Crippen LogP contribution < -0.4 is 4.74 Å². The Balaban J connectivity index is 1.36. The molecule has 0 aliphatic carbocycles. The minimum Gasteiger partial charge on any atom is -0.497 e. The Morgan fingerprint density at radius 1 is 1.11 bits per heavy atom. The van der Waals surface area contributed by atoms with Crippen molar-refractivity contribution in [1.82, 2.24) is 14.2 Å². The Kier molecular flexibility index (Phi) is 4.84. The molecule has 7 nitrogen and oxygen atoms in total. The maximum Gasteiger partial charge on any atom is 0.255 e. The van der Waals surface area contributed by atoms with E-state index in [-0.39, 0.29) is 16.2 Å². The molecule has 2 aromatic rings. The minimum atomic E-state index is -3.49. The number of amides is 1. The van der Waals surface area contributed by atoms with E-state index in [2.05, 4.69) is 4.98 Å². The molecule has 1 amide bonds. The summed E-state index contributed by atoms with van der Waals surface area (Å²) in [6.45, 7) is 2.31. The topological polar surface area (TPSA) is 79.8 Å². The highest BCUT2D eigenvalue weighted by Crippen LogP contribution is 2.43. The molecule has 0 bridgehead atoms. The number of rotatable bonds is 4. The number of aromatic nitrogens is 1. The third kappa shape index (κ3) is 3.38. The lowest BCUT2D eigenvalue weighted by Gasteiger charge is -2.53. The van der Waals surface area contributed by atoms with Crippen LogP contribution in [0.5, 0.6) is 5.75 Å². The first kappa shape index (κ1) is 18.9. The molecule has 1 spiro atoms. The van der Waals surface area contributed by atoms with E-state index < -0.39 is 10.0 Å². The van der Waals surface area contributed by atoms with Gasteiger partial charge in [-0.1, -0.05) is 0 Å². The Morgan fingerprint density at radius 3 is 2.36 bits per heavy atom. The van der Waals surface area contributed by atoms with Crippen molar-refractivity contribution in [2.45, 2.75) is 17.7 Å². The predicted molar refractivity (Wildman–Crippen MR) is 104 cm³/mol. The first-order chi connectivity index (χ1) is 13.4. The van der Waals surface area contributed by atoms with Gasteiger partial charge in [0, 0.05) is 44.0 Å². The lowest BCUT2D eigenvalue weighted by atomic mass is 9.73. The van der Waals surface area contributed by atoms with Crippen LogP contribution in [0.2, 0.25) is 0 Å². The summed E-state index contributed by atoms with van der Waals surface area (Å²) in [7, 11) is -1.94. The van der Waals surface area contributed by atoms with Crippen LogP contribution in [-0.2, 0) is 10.0 Å². The van der Waals surface area contributed by atoms with Gasteiger partial charge in [-0.2, -0.15) is 4.31 Å². The summed E-state index contributed by atoms with van der Waals surface area (Å²) in [6.07, 6.45) is 4.86. The van der Waals surface area contributed by atoms with E-state index in [1.54, 1.807) is 55.9 Å². The van der Waals surface area contributed by atoms with E-state index in [9.17, 15) is 13.2 Å². The zero-order valence-electron chi connectivity index (χ0n) is 15.7. The molecule has 2 fully saturated rings. The van der Waals surface area contributed by atoms with Gasteiger partial charge in [0.2, 0.25) is 10.0 Å². The number of hydrogen-bond donors (Lipinski definition) is 0. The highest BCUT2D eigenvalue weighted by Gasteiger charge is 2.49. The van der Waals surface area contributed by atoms with E-state index in [1.165, 1.54) is 4.31 Å². The van der Waals surface area contributed by atoms with Crippen molar-refractivity contribution in [1.29, 1.82) is 0 Å². The zero-order chi connectivity index (χ0) is 19.8. The number of carbonyl (C=O) groups excluding carboxylic acids is 1. The van der Waals surface area contributed by atoms with Crippen LogP contribution in [0.15, 0.2) is 53.7 Å². The van der Waals surface area contributed by atoms with E-state index in [0.29, 0.717) is 37.5 Å². The molecule has 0 N–H and O–H groups in total. The first-order valence-corrected chi connectivity index (χ1v) is 10.7. The predicted octanol–water partition coefficient (Wildman–Crippen LogP) is 2.02. The van der Waals surface area contributed by atoms with E-state index in [4.69, 9.17) is 4.74 Å². The molecule has 3 heterocycles. The molecule has 0 radical (unpaired) electrons. The van der Waals surface area contributed by atoms with E-state index in [0.717, 1.165) is 12.8 Å². The molecule has 1 aromatic carbocycles. The Hall–Kier alpha value is -2.45. The van der Waals surface area contributed by atoms with Crippen molar-refractivity contribution in [2.75, 3.05) is 33.3 Å². The number of benzene rings is 1. The molecule has 28 heavy (non-hydrogen) atoms. The van der Waals surface area contributed by atoms with Crippen LogP contribution in [0.25, 0.3) is 0 Å². The number of hydrogen-bond acceptors (Lipinski definition) is 5. The number of sulfonamides is 1. The number of carbonyl (C=O) groups is 1. The SMILES string of the molecule is COc1ccc(S(=O)(=O)N2CC3(CCN(C(=O)c4cccnc4)CC3)C2)cc1. The highest BCUT2D eigenvalue weighted by molar-refractivity contribution is 7.89. The number of piperidine rings is 1. The Bertz CT molecular complexity index is 945. The first-order valence-electron chi connectivity index (χ1n) is 9.27. The summed E-state index contributed by atoms with van der Waals surface area (Å²) in [5.74, 6) is 0.620. The van der Waals surface area contributed by atoms with Crippen LogP contribution in [0.4, 0.5) is 0 Å². The largest absolute Gasteiger partial charge is 0.497 e. The molecule has 0 unspecified atom stereocenters. The molecule has 0 saturated carbocycles. The average molecular weight is 401 g/mol. The number of methoxy groups -OCH3 is 1. The average Bonchev–Trinajstić information content (AvgIpc) is 2.72. The van der Waals surface area contributed by atoms with Crippen molar-refractivity contribution >= 4 is 15.9 Å². The molecular weight excluding hydrogens is 378 g/mol. The summed E-state index contributed by atoms with van der Waals surface area (Å²) in [4.78, 5) is 18.7. The summed E-state index contributed by atoms with van der Waals surface area (Å²) < 4.78 is 32.2. The van der Waals surface area contributed by atoms with Gasteiger partial charge < -0.3 is 9.64 Å². The van der Waals surface area contributed by atoms with Crippen LogP contribution in [0.3, 0.4) is 0 Å². The summed E-state index contributed by atoms with van der Waals surface area (Å²) in [6, 6.07) is 10.00. The van der Waals surface area contributed by atoms with Gasteiger partial charge in [0.15, 0.2) is 0 Å². The quantitative estimate of drug-likeness (QED) is 0.783. The fourth-order valence-corrected chi connectivity index (χ4v) is 5.61. The molecule has 2 aliphatic heterocycles. The monoisotopic (exact) mass is 401 g/mol. The van der Waals surface area contributed by atoms with Crippen LogP contribution >= 0.6 is 0 Å². The third-order valence-corrected chi connectivity index (χ3v) is 7.55. The maximum absolute atomic E-state index is 12.8. The van der Waals surface area contributed by atoms with Gasteiger partial charge in [0.1, 0.15) is 5.75 Å². The fraction of sp³-hybridized carbons (Fsp3) is 0.400. The Labute approximate surface area is 165 Å².